The van der Waals surface area contributed by atoms with Crippen LogP contribution in [0.5, 0.6) is 0 Å². The molecule has 6 nitrogen and oxygen atoms in total. The van der Waals surface area contributed by atoms with Gasteiger partial charge in [0.05, 0.1) is 0 Å². The third kappa shape index (κ3) is 2.87. The maximum Gasteiger partial charge on any atom is 0.339 e. The van der Waals surface area contributed by atoms with Crippen LogP contribution in [0.3, 0.4) is 0 Å². The highest BCUT2D eigenvalue weighted by Crippen LogP contribution is 2.06. The minimum absolute atomic E-state index is 0.0993. The Balaban J connectivity index is 2.91. The van der Waals surface area contributed by atoms with Gasteiger partial charge in [0, 0.05) is 6.92 Å². The number of nitrogens with zero attached hydrogens (tertiary/aromatic N) is 1. The molecule has 0 aromatic heterocycles. The van der Waals surface area contributed by atoms with Gasteiger partial charge in [-0.3, -0.25) is 4.79 Å². The molecule has 0 aromatic carbocycles. The molecule has 78 valence electrons. The Morgan fingerprint density at radius 3 is 2.60 bits per heavy atom. The van der Waals surface area contributed by atoms with E-state index in [1.165, 1.54) is 6.08 Å². The van der Waals surface area contributed by atoms with E-state index in [1.54, 1.807) is 0 Å². The van der Waals surface area contributed by atoms with E-state index < -0.39 is 23.3 Å². The molecule has 0 spiro atoms. The molecule has 1 N–H and O–H groups in total. The standard InChI is InChI=1S/C9H7NO5/c1-5(11)15-10-6-2-3-8(12)7(4-6)9(13)14/h2-4H,1H3,(H,13,14). The quantitative estimate of drug-likeness (QED) is 0.300. The van der Waals surface area contributed by atoms with E-state index in [1.807, 2.05) is 0 Å². The largest absolute Gasteiger partial charge is 0.478 e. The third-order valence-electron chi connectivity index (χ3n) is 1.47. The molecule has 0 aliphatic heterocycles. The Labute approximate surface area is 84.5 Å². The van der Waals surface area contributed by atoms with Crippen LogP contribution in [-0.4, -0.2) is 28.5 Å². The fourth-order valence-corrected chi connectivity index (χ4v) is 0.859. The molecule has 0 radical (unpaired) electrons. The predicted molar refractivity (Wildman–Crippen MR) is 49.1 cm³/mol. The number of oxime groups is 1. The second-order valence-electron chi connectivity index (χ2n) is 2.66. The van der Waals surface area contributed by atoms with Crippen molar-refractivity contribution in [2.24, 2.45) is 5.16 Å². The number of carbonyl (C=O) groups is 3. The zero-order chi connectivity index (χ0) is 11.4. The van der Waals surface area contributed by atoms with Crippen molar-refractivity contribution in [2.45, 2.75) is 6.92 Å². The van der Waals surface area contributed by atoms with Crippen molar-refractivity contribution in [3.63, 3.8) is 0 Å². The first kappa shape index (κ1) is 10.8. The third-order valence-corrected chi connectivity index (χ3v) is 1.47. The molecule has 1 aliphatic carbocycles. The van der Waals surface area contributed by atoms with E-state index in [0.717, 1.165) is 19.1 Å². The van der Waals surface area contributed by atoms with E-state index in [9.17, 15) is 14.4 Å². The van der Waals surface area contributed by atoms with E-state index in [2.05, 4.69) is 9.99 Å². The number of carboxylic acids is 1. The van der Waals surface area contributed by atoms with Crippen LogP contribution in [0.4, 0.5) is 0 Å². The molecule has 0 fully saturated rings. The van der Waals surface area contributed by atoms with Crippen LogP contribution >= 0.6 is 0 Å². The summed E-state index contributed by atoms with van der Waals surface area (Å²) in [6.07, 6.45) is 3.34. The number of hydrogen-bond donors (Lipinski definition) is 1. The van der Waals surface area contributed by atoms with Crippen LogP contribution in [0.25, 0.3) is 0 Å². The average molecular weight is 209 g/mol. The normalized spacial score (nSPS) is 17.5. The van der Waals surface area contributed by atoms with Gasteiger partial charge in [-0.15, -0.1) is 0 Å². The van der Waals surface area contributed by atoms with Crippen LogP contribution in [0.1, 0.15) is 6.92 Å². The monoisotopic (exact) mass is 209 g/mol. The second-order valence-corrected chi connectivity index (χ2v) is 2.66. The molecule has 0 aromatic rings. The van der Waals surface area contributed by atoms with Crippen molar-refractivity contribution in [2.75, 3.05) is 0 Å². The van der Waals surface area contributed by atoms with E-state index in [0.29, 0.717) is 0 Å². The summed E-state index contributed by atoms with van der Waals surface area (Å²) >= 11 is 0. The molecule has 0 saturated heterocycles. The lowest BCUT2D eigenvalue weighted by atomic mass is 10.0. The highest BCUT2D eigenvalue weighted by molar-refractivity contribution is 6.29. The molecule has 1 aliphatic rings. The topological polar surface area (TPSA) is 93.0 Å². The molecule has 6 heteroatoms. The molecule has 15 heavy (non-hydrogen) atoms. The molecule has 1 rings (SSSR count). The lowest BCUT2D eigenvalue weighted by Crippen LogP contribution is -2.15. The fraction of sp³-hybridized carbons (Fsp3) is 0.111. The van der Waals surface area contributed by atoms with Gasteiger partial charge in [0.25, 0.3) is 0 Å². The van der Waals surface area contributed by atoms with E-state index >= 15 is 0 Å². The molecule has 0 saturated carbocycles. The van der Waals surface area contributed by atoms with E-state index in [4.69, 9.17) is 5.11 Å². The molecule has 0 heterocycles. The highest BCUT2D eigenvalue weighted by Gasteiger charge is 2.18. The second kappa shape index (κ2) is 4.32. The van der Waals surface area contributed by atoms with Gasteiger partial charge in [-0.1, -0.05) is 5.16 Å². The Hall–Kier alpha value is -2.24. The number of rotatable bonds is 2. The summed E-state index contributed by atoms with van der Waals surface area (Å²) in [5.41, 5.74) is -0.314. The van der Waals surface area contributed by atoms with Gasteiger partial charge in [-0.05, 0) is 18.2 Å². The average Bonchev–Trinajstić information content (AvgIpc) is 2.16. The summed E-state index contributed by atoms with van der Waals surface area (Å²) < 4.78 is 0. The van der Waals surface area contributed by atoms with Crippen LogP contribution in [0.2, 0.25) is 0 Å². The van der Waals surface area contributed by atoms with Crippen molar-refractivity contribution in [3.8, 4) is 0 Å². The van der Waals surface area contributed by atoms with Crippen molar-refractivity contribution in [1.29, 1.82) is 0 Å². The first-order chi connectivity index (χ1) is 7.00. The summed E-state index contributed by atoms with van der Waals surface area (Å²) in [5.74, 6) is -2.60. The number of hydrogen-bond acceptors (Lipinski definition) is 5. The number of ketones is 1. The zero-order valence-electron chi connectivity index (χ0n) is 7.76. The summed E-state index contributed by atoms with van der Waals surface area (Å²) in [7, 11) is 0. The minimum atomic E-state index is -1.35. The van der Waals surface area contributed by atoms with Gasteiger partial charge < -0.3 is 9.94 Å². The first-order valence-corrected chi connectivity index (χ1v) is 3.93. The number of carbonyl (C=O) groups excluding carboxylic acids is 2. The number of carboxylic acid groups (broad SMARTS) is 1. The fourth-order valence-electron chi connectivity index (χ4n) is 0.859. The van der Waals surface area contributed by atoms with Gasteiger partial charge in [-0.2, -0.15) is 0 Å². The molecule has 0 unspecified atom stereocenters. The summed E-state index contributed by atoms with van der Waals surface area (Å²) in [6.45, 7) is 1.16. The summed E-state index contributed by atoms with van der Waals surface area (Å²) in [6, 6.07) is 0. The van der Waals surface area contributed by atoms with Crippen LogP contribution < -0.4 is 0 Å². The lowest BCUT2D eigenvalue weighted by molar-refractivity contribution is -0.141. The minimum Gasteiger partial charge on any atom is -0.478 e. The SMILES string of the molecule is CC(=O)ON=C1C=CC(=O)C(C(=O)O)=C1. The zero-order valence-corrected chi connectivity index (χ0v) is 7.76. The van der Waals surface area contributed by atoms with Crippen LogP contribution in [0, 0.1) is 0 Å². The molecular formula is C9H7NO5. The highest BCUT2D eigenvalue weighted by atomic mass is 16.7. The Morgan fingerprint density at radius 2 is 2.07 bits per heavy atom. The molecule has 0 bridgehead atoms. The Kier molecular flexibility index (Phi) is 3.12. The summed E-state index contributed by atoms with van der Waals surface area (Å²) in [5, 5.41) is 12.0. The number of allylic oxidation sites excluding steroid dienone is 3. The molecule has 0 amide bonds. The van der Waals surface area contributed by atoms with Crippen LogP contribution in [0.15, 0.2) is 29.0 Å². The van der Waals surface area contributed by atoms with Crippen molar-refractivity contribution in [1.82, 2.24) is 0 Å². The molecule has 0 atom stereocenters. The smallest absolute Gasteiger partial charge is 0.339 e. The van der Waals surface area contributed by atoms with Gasteiger partial charge in [0.15, 0.2) is 5.78 Å². The maximum atomic E-state index is 11.0. The van der Waals surface area contributed by atoms with Gasteiger partial charge in [-0.25, -0.2) is 9.59 Å². The Bertz CT molecular complexity index is 416. The maximum absolute atomic E-state index is 11.0. The van der Waals surface area contributed by atoms with E-state index in [-0.39, 0.29) is 5.71 Å². The van der Waals surface area contributed by atoms with Gasteiger partial charge in [0.1, 0.15) is 11.3 Å². The number of aliphatic carboxylic acids is 1. The molecular weight excluding hydrogens is 202 g/mol. The van der Waals surface area contributed by atoms with Crippen molar-refractivity contribution in [3.05, 3.63) is 23.8 Å². The first-order valence-electron chi connectivity index (χ1n) is 3.93. The summed E-state index contributed by atoms with van der Waals surface area (Å²) in [4.78, 5) is 36.3. The predicted octanol–water partition coefficient (Wildman–Crippen LogP) is 0.0554. The lowest BCUT2D eigenvalue weighted by Gasteiger charge is -2.02. The Morgan fingerprint density at radius 1 is 1.40 bits per heavy atom. The van der Waals surface area contributed by atoms with Crippen molar-refractivity contribution < 1.29 is 24.3 Å². The van der Waals surface area contributed by atoms with Gasteiger partial charge in [0.2, 0.25) is 0 Å². The van der Waals surface area contributed by atoms with Crippen LogP contribution in [-0.2, 0) is 19.2 Å². The van der Waals surface area contributed by atoms with Gasteiger partial charge >= 0.3 is 11.9 Å². The van der Waals surface area contributed by atoms with Crippen molar-refractivity contribution >= 4 is 23.4 Å².